The number of piperidine rings is 1. The molecule has 45 heavy (non-hydrogen) atoms. The molecular weight excluding hydrogens is 605 g/mol. The lowest BCUT2D eigenvalue weighted by atomic mass is 9.84. The van der Waals surface area contributed by atoms with Gasteiger partial charge in [0.25, 0.3) is 5.56 Å². The van der Waals surface area contributed by atoms with Gasteiger partial charge < -0.3 is 19.3 Å². The number of halogens is 5. The molecule has 2 saturated heterocycles. The predicted molar refractivity (Wildman–Crippen MR) is 148 cm³/mol. The Morgan fingerprint density at radius 3 is 2.36 bits per heavy atom. The molecule has 0 radical (unpaired) electrons. The van der Waals surface area contributed by atoms with Gasteiger partial charge in [-0.05, 0) is 70.4 Å². The fourth-order valence-corrected chi connectivity index (χ4v) is 5.86. The quantitative estimate of drug-likeness (QED) is 0.353. The van der Waals surface area contributed by atoms with E-state index in [4.69, 9.17) is 9.47 Å². The maximum Gasteiger partial charge on any atom is 0.471 e. The first-order valence-electron chi connectivity index (χ1n) is 14.0. The van der Waals surface area contributed by atoms with E-state index in [0.29, 0.717) is 4.90 Å². The van der Waals surface area contributed by atoms with Crippen molar-refractivity contribution in [2.45, 2.75) is 63.4 Å². The second-order valence-corrected chi connectivity index (χ2v) is 12.0. The molecule has 3 aromatic rings. The van der Waals surface area contributed by atoms with E-state index in [9.17, 15) is 41.6 Å². The maximum absolute atomic E-state index is 14.4. The first-order valence-corrected chi connectivity index (χ1v) is 14.0. The van der Waals surface area contributed by atoms with Crippen LogP contribution in [0.5, 0.6) is 11.5 Å². The van der Waals surface area contributed by atoms with E-state index in [1.807, 2.05) is 0 Å². The van der Waals surface area contributed by atoms with Crippen LogP contribution in [0.2, 0.25) is 0 Å². The second-order valence-electron chi connectivity index (χ2n) is 12.0. The Morgan fingerprint density at radius 1 is 1.07 bits per heavy atom. The standard InChI is InChI=1S/C30H28F5N5O5/c1-28(2,3)45-27(43)40-15-17(13-29(40)8-10-38(11-9-29)26(42)30(33,34)35)39-16-37-23-7-4-18(12-19(23)25(39)41)44-24-20(14-36)21(31)5-6-22(24)32/h4-7,12,16-17H,8-11,13,15H2,1-3H3. The Bertz CT molecular complexity index is 1770. The predicted octanol–water partition coefficient (Wildman–Crippen LogP) is 5.44. The van der Waals surface area contributed by atoms with Crippen molar-refractivity contribution in [3.63, 3.8) is 0 Å². The van der Waals surface area contributed by atoms with Crippen molar-refractivity contribution in [3.05, 3.63) is 64.2 Å². The number of alkyl halides is 3. The van der Waals surface area contributed by atoms with Crippen LogP contribution in [0.15, 0.2) is 41.5 Å². The molecule has 0 saturated carbocycles. The monoisotopic (exact) mass is 633 g/mol. The van der Waals surface area contributed by atoms with Gasteiger partial charge in [0.2, 0.25) is 0 Å². The molecule has 10 nitrogen and oxygen atoms in total. The third-order valence-corrected chi connectivity index (χ3v) is 7.96. The smallest absolute Gasteiger partial charge is 0.453 e. The Balaban J connectivity index is 1.48. The zero-order chi connectivity index (χ0) is 32.9. The first-order chi connectivity index (χ1) is 21.0. The highest BCUT2D eigenvalue weighted by Crippen LogP contribution is 2.44. The zero-order valence-corrected chi connectivity index (χ0v) is 24.5. The Kier molecular flexibility index (Phi) is 7.97. The summed E-state index contributed by atoms with van der Waals surface area (Å²) in [6.07, 6.45) is -4.22. The number of nitrogens with zero attached hydrogens (tertiary/aromatic N) is 5. The molecule has 1 atom stereocenters. The van der Waals surface area contributed by atoms with Crippen molar-refractivity contribution >= 4 is 22.9 Å². The zero-order valence-electron chi connectivity index (χ0n) is 24.5. The molecule has 0 aliphatic carbocycles. The average molecular weight is 634 g/mol. The number of likely N-dealkylation sites (tertiary alicyclic amines) is 2. The van der Waals surface area contributed by atoms with Gasteiger partial charge in [0, 0.05) is 19.6 Å². The summed E-state index contributed by atoms with van der Waals surface area (Å²) in [4.78, 5) is 45.4. The van der Waals surface area contributed by atoms with Crippen molar-refractivity contribution in [1.29, 1.82) is 5.26 Å². The molecule has 5 rings (SSSR count). The highest BCUT2D eigenvalue weighted by Gasteiger charge is 2.53. The van der Waals surface area contributed by atoms with Gasteiger partial charge in [-0.15, -0.1) is 0 Å². The number of aromatic nitrogens is 2. The Labute approximate surface area is 253 Å². The van der Waals surface area contributed by atoms with Gasteiger partial charge in [0.05, 0.1) is 28.8 Å². The minimum absolute atomic E-state index is 0.0224. The summed E-state index contributed by atoms with van der Waals surface area (Å²) >= 11 is 0. The molecule has 3 heterocycles. The van der Waals surface area contributed by atoms with E-state index >= 15 is 0 Å². The van der Waals surface area contributed by atoms with Crippen LogP contribution in [0.1, 0.15) is 51.6 Å². The fraction of sp³-hybridized carbons (Fsp3) is 0.433. The molecule has 2 amide bonds. The van der Waals surface area contributed by atoms with E-state index in [0.717, 1.165) is 12.1 Å². The number of nitriles is 1. The van der Waals surface area contributed by atoms with Gasteiger partial charge >= 0.3 is 18.2 Å². The third-order valence-electron chi connectivity index (χ3n) is 7.96. The first kappa shape index (κ1) is 31.7. The van der Waals surface area contributed by atoms with Gasteiger partial charge in [-0.25, -0.2) is 18.6 Å². The number of rotatable bonds is 3. The van der Waals surface area contributed by atoms with E-state index in [-0.39, 0.29) is 55.5 Å². The van der Waals surface area contributed by atoms with Crippen LogP contribution in [0, 0.1) is 23.0 Å². The van der Waals surface area contributed by atoms with Crippen LogP contribution < -0.4 is 10.3 Å². The van der Waals surface area contributed by atoms with E-state index in [1.54, 1.807) is 26.8 Å². The van der Waals surface area contributed by atoms with Crippen molar-refractivity contribution in [1.82, 2.24) is 19.4 Å². The van der Waals surface area contributed by atoms with Crippen LogP contribution >= 0.6 is 0 Å². The van der Waals surface area contributed by atoms with Crippen molar-refractivity contribution in [2.75, 3.05) is 19.6 Å². The van der Waals surface area contributed by atoms with Crippen molar-refractivity contribution in [2.24, 2.45) is 0 Å². The van der Waals surface area contributed by atoms with E-state index in [1.165, 1.54) is 34.0 Å². The lowest BCUT2D eigenvalue weighted by Crippen LogP contribution is -2.57. The molecular formula is C30H28F5N5O5. The number of ether oxygens (including phenoxy) is 2. The van der Waals surface area contributed by atoms with Crippen molar-refractivity contribution in [3.8, 4) is 17.6 Å². The molecule has 2 fully saturated rings. The number of amides is 2. The Morgan fingerprint density at radius 2 is 1.73 bits per heavy atom. The summed E-state index contributed by atoms with van der Waals surface area (Å²) in [5.41, 5.74) is -2.84. The van der Waals surface area contributed by atoms with Gasteiger partial charge in [0.15, 0.2) is 11.6 Å². The maximum atomic E-state index is 14.4. The van der Waals surface area contributed by atoms with Crippen LogP contribution in [0.3, 0.4) is 0 Å². The lowest BCUT2D eigenvalue weighted by molar-refractivity contribution is -0.187. The van der Waals surface area contributed by atoms with Crippen LogP contribution in [0.25, 0.3) is 10.9 Å². The average Bonchev–Trinajstić information content (AvgIpc) is 3.32. The summed E-state index contributed by atoms with van der Waals surface area (Å²) < 4.78 is 80.2. The molecule has 2 aliphatic rings. The lowest BCUT2D eigenvalue weighted by Gasteiger charge is -2.44. The number of hydrogen-bond acceptors (Lipinski definition) is 7. The molecule has 2 aliphatic heterocycles. The van der Waals surface area contributed by atoms with Crippen LogP contribution in [0.4, 0.5) is 26.7 Å². The van der Waals surface area contributed by atoms with Gasteiger partial charge in [-0.1, -0.05) is 0 Å². The molecule has 1 aromatic heterocycles. The fourth-order valence-electron chi connectivity index (χ4n) is 5.86. The molecule has 15 heteroatoms. The number of carbonyl (C=O) groups excluding carboxylic acids is 2. The van der Waals surface area contributed by atoms with E-state index < -0.39 is 63.9 Å². The van der Waals surface area contributed by atoms with Gasteiger partial charge in [-0.2, -0.15) is 18.4 Å². The summed E-state index contributed by atoms with van der Waals surface area (Å²) in [7, 11) is 0. The molecule has 1 unspecified atom stereocenters. The van der Waals surface area contributed by atoms with Crippen molar-refractivity contribution < 1.29 is 41.0 Å². The third kappa shape index (κ3) is 6.13. The van der Waals surface area contributed by atoms with Gasteiger partial charge in [-0.3, -0.25) is 14.2 Å². The van der Waals surface area contributed by atoms with Crippen LogP contribution in [-0.2, 0) is 9.53 Å². The topological polar surface area (TPSA) is 118 Å². The SMILES string of the molecule is CC(C)(C)OC(=O)N1CC(n2cnc3ccc(Oc4c(F)ccc(F)c4C#N)cc3c2=O)CC12CCN(C(=O)C(F)(F)F)CC2. The second kappa shape index (κ2) is 11.3. The number of carbonyl (C=O) groups is 2. The highest BCUT2D eigenvalue weighted by molar-refractivity contribution is 5.82. The molecule has 0 N–H and O–H groups in total. The number of hydrogen-bond donors (Lipinski definition) is 0. The Hall–Kier alpha value is -4.74. The number of benzene rings is 2. The molecule has 238 valence electrons. The number of fused-ring (bicyclic) bond motifs is 1. The summed E-state index contributed by atoms with van der Waals surface area (Å²) in [6, 6.07) is 6.55. The van der Waals surface area contributed by atoms with Crippen LogP contribution in [-0.4, -0.2) is 68.3 Å². The molecule has 0 bridgehead atoms. The highest BCUT2D eigenvalue weighted by atomic mass is 19.4. The summed E-state index contributed by atoms with van der Waals surface area (Å²) in [5, 5.41) is 9.32. The normalized spacial score (nSPS) is 18.2. The van der Waals surface area contributed by atoms with E-state index in [2.05, 4.69) is 4.98 Å². The summed E-state index contributed by atoms with van der Waals surface area (Å²) in [6.45, 7) is 4.48. The summed E-state index contributed by atoms with van der Waals surface area (Å²) in [5.74, 6) is -4.65. The van der Waals surface area contributed by atoms with Gasteiger partial charge in [0.1, 0.15) is 28.8 Å². The minimum atomic E-state index is -5.03. The minimum Gasteiger partial charge on any atom is -0.453 e. The molecule has 1 spiro atoms. The largest absolute Gasteiger partial charge is 0.471 e. The molecule has 2 aromatic carbocycles.